The molecule has 3 rings (SSSR count). The zero-order chi connectivity index (χ0) is 18.7. The van der Waals surface area contributed by atoms with Crippen LogP contribution in [-0.4, -0.2) is 19.5 Å². The number of nitrogens with zero attached hydrogens (tertiary/aromatic N) is 1. The SMILES string of the molecule is C#CCOc1ccc([C@@H]2C(C#N)=C(N)OC3=C2C(=O)CCC3)cc1OC. The molecule has 1 atom stereocenters. The van der Waals surface area contributed by atoms with Crippen LogP contribution in [0.4, 0.5) is 0 Å². The van der Waals surface area contributed by atoms with E-state index in [1.165, 1.54) is 7.11 Å². The Morgan fingerprint density at radius 2 is 2.19 bits per heavy atom. The number of carbonyl (C=O) groups excluding carboxylic acids is 1. The maximum absolute atomic E-state index is 12.6. The summed E-state index contributed by atoms with van der Waals surface area (Å²) in [5.74, 6) is 3.34. The molecule has 1 aliphatic heterocycles. The predicted octanol–water partition coefficient (Wildman–Crippen LogP) is 2.52. The quantitative estimate of drug-likeness (QED) is 0.839. The Bertz CT molecular complexity index is 899. The lowest BCUT2D eigenvalue weighted by atomic mass is 9.77. The normalized spacial score (nSPS) is 19.2. The fourth-order valence-electron chi connectivity index (χ4n) is 3.29. The lowest BCUT2D eigenvalue weighted by Gasteiger charge is -2.31. The van der Waals surface area contributed by atoms with E-state index < -0.39 is 5.92 Å². The first-order chi connectivity index (χ1) is 12.6. The predicted molar refractivity (Wildman–Crippen MR) is 93.9 cm³/mol. The summed E-state index contributed by atoms with van der Waals surface area (Å²) in [5, 5.41) is 9.59. The third kappa shape index (κ3) is 2.98. The molecule has 1 aromatic rings. The number of hydrogen-bond donors (Lipinski definition) is 1. The van der Waals surface area contributed by atoms with Gasteiger partial charge in [-0.3, -0.25) is 4.79 Å². The molecule has 26 heavy (non-hydrogen) atoms. The van der Waals surface area contributed by atoms with Crippen molar-refractivity contribution in [1.29, 1.82) is 5.26 Å². The highest BCUT2D eigenvalue weighted by atomic mass is 16.5. The molecular formula is C20H18N2O4. The van der Waals surface area contributed by atoms with Gasteiger partial charge in [-0.05, 0) is 24.1 Å². The molecule has 0 amide bonds. The summed E-state index contributed by atoms with van der Waals surface area (Å²) in [6, 6.07) is 7.31. The van der Waals surface area contributed by atoms with E-state index in [-0.39, 0.29) is 23.8 Å². The Labute approximate surface area is 151 Å². The summed E-state index contributed by atoms with van der Waals surface area (Å²) in [4.78, 5) is 12.6. The van der Waals surface area contributed by atoms with E-state index in [1.54, 1.807) is 18.2 Å². The molecule has 0 bridgehead atoms. The molecule has 0 spiro atoms. The number of nitriles is 1. The average molecular weight is 350 g/mol. The molecule has 0 saturated carbocycles. The number of benzene rings is 1. The van der Waals surface area contributed by atoms with E-state index in [1.807, 2.05) is 0 Å². The number of methoxy groups -OCH3 is 1. The number of ketones is 1. The molecule has 1 aliphatic carbocycles. The van der Waals surface area contributed by atoms with Crippen LogP contribution in [0.25, 0.3) is 0 Å². The smallest absolute Gasteiger partial charge is 0.205 e. The maximum atomic E-state index is 12.6. The van der Waals surface area contributed by atoms with Crippen LogP contribution in [0, 0.1) is 23.7 Å². The second kappa shape index (κ2) is 7.25. The third-order valence-corrected chi connectivity index (χ3v) is 4.44. The van der Waals surface area contributed by atoms with Crippen molar-refractivity contribution >= 4 is 5.78 Å². The summed E-state index contributed by atoms with van der Waals surface area (Å²) in [7, 11) is 1.51. The van der Waals surface area contributed by atoms with Crippen LogP contribution in [0.1, 0.15) is 30.7 Å². The van der Waals surface area contributed by atoms with Crippen LogP contribution < -0.4 is 15.2 Å². The number of rotatable bonds is 4. The van der Waals surface area contributed by atoms with Crippen LogP contribution in [0.5, 0.6) is 11.5 Å². The van der Waals surface area contributed by atoms with E-state index >= 15 is 0 Å². The molecule has 0 radical (unpaired) electrons. The molecule has 2 aliphatic rings. The Hall–Kier alpha value is -3.38. The number of nitrogens with two attached hydrogens (primary N) is 1. The molecule has 0 fully saturated rings. The fourth-order valence-corrected chi connectivity index (χ4v) is 3.29. The van der Waals surface area contributed by atoms with Crippen molar-refractivity contribution in [3.8, 4) is 29.9 Å². The number of ether oxygens (including phenoxy) is 3. The summed E-state index contributed by atoms with van der Waals surface area (Å²) in [6.07, 6.45) is 6.99. The minimum atomic E-state index is -0.577. The Kier molecular flexibility index (Phi) is 4.86. The lowest BCUT2D eigenvalue weighted by molar-refractivity contribution is -0.116. The molecule has 2 N–H and O–H groups in total. The van der Waals surface area contributed by atoms with Crippen LogP contribution in [0.2, 0.25) is 0 Å². The zero-order valence-corrected chi connectivity index (χ0v) is 14.4. The monoisotopic (exact) mass is 350 g/mol. The van der Waals surface area contributed by atoms with E-state index in [9.17, 15) is 10.1 Å². The van der Waals surface area contributed by atoms with Crippen LogP contribution >= 0.6 is 0 Å². The van der Waals surface area contributed by atoms with Crippen molar-refractivity contribution in [2.24, 2.45) is 5.73 Å². The minimum absolute atomic E-state index is 0.0249. The standard InChI is InChI=1S/C20H18N2O4/c1-3-9-25-15-8-7-12(10-17(15)24-2)18-13(11-21)20(22)26-16-6-4-5-14(23)19(16)18/h1,7-8,10,18H,4-6,9,22H2,2H3/t18-/m1/s1. The largest absolute Gasteiger partial charge is 0.493 e. The molecule has 1 aromatic carbocycles. The van der Waals surface area contributed by atoms with Gasteiger partial charge in [0.2, 0.25) is 5.88 Å². The van der Waals surface area contributed by atoms with Crippen molar-refractivity contribution in [1.82, 2.24) is 0 Å². The molecule has 0 unspecified atom stereocenters. The van der Waals surface area contributed by atoms with E-state index in [0.29, 0.717) is 47.7 Å². The van der Waals surface area contributed by atoms with Crippen LogP contribution in [-0.2, 0) is 9.53 Å². The first-order valence-corrected chi connectivity index (χ1v) is 8.18. The molecule has 0 saturated heterocycles. The molecule has 6 nitrogen and oxygen atoms in total. The Balaban J connectivity index is 2.11. The van der Waals surface area contributed by atoms with E-state index in [0.717, 1.165) is 0 Å². The molecule has 132 valence electrons. The second-order valence-corrected chi connectivity index (χ2v) is 5.94. The van der Waals surface area contributed by atoms with Crippen molar-refractivity contribution in [2.45, 2.75) is 25.2 Å². The highest BCUT2D eigenvalue weighted by molar-refractivity contribution is 5.99. The van der Waals surface area contributed by atoms with Crippen molar-refractivity contribution in [3.05, 3.63) is 46.6 Å². The molecule has 6 heteroatoms. The van der Waals surface area contributed by atoms with E-state index in [2.05, 4.69) is 12.0 Å². The van der Waals surface area contributed by atoms with Gasteiger partial charge in [0.25, 0.3) is 0 Å². The summed E-state index contributed by atoms with van der Waals surface area (Å²) < 4.78 is 16.4. The minimum Gasteiger partial charge on any atom is -0.493 e. The number of carbonyl (C=O) groups is 1. The van der Waals surface area contributed by atoms with Gasteiger partial charge in [-0.15, -0.1) is 6.42 Å². The Morgan fingerprint density at radius 3 is 2.88 bits per heavy atom. The highest BCUT2D eigenvalue weighted by Gasteiger charge is 2.38. The molecule has 0 aromatic heterocycles. The van der Waals surface area contributed by atoms with Gasteiger partial charge in [0.15, 0.2) is 17.3 Å². The van der Waals surface area contributed by atoms with Gasteiger partial charge in [0.05, 0.1) is 13.0 Å². The summed E-state index contributed by atoms with van der Waals surface area (Å²) in [5.41, 5.74) is 7.38. The number of hydrogen-bond acceptors (Lipinski definition) is 6. The van der Waals surface area contributed by atoms with E-state index in [4.69, 9.17) is 26.4 Å². The van der Waals surface area contributed by atoms with Gasteiger partial charge in [0, 0.05) is 18.4 Å². The van der Waals surface area contributed by atoms with Crippen LogP contribution in [0.3, 0.4) is 0 Å². The second-order valence-electron chi connectivity index (χ2n) is 5.94. The zero-order valence-electron chi connectivity index (χ0n) is 14.4. The van der Waals surface area contributed by atoms with Gasteiger partial charge in [0.1, 0.15) is 24.0 Å². The summed E-state index contributed by atoms with van der Waals surface area (Å²) in [6.45, 7) is 0.108. The first-order valence-electron chi connectivity index (χ1n) is 8.18. The van der Waals surface area contributed by atoms with Crippen molar-refractivity contribution in [2.75, 3.05) is 13.7 Å². The highest BCUT2D eigenvalue weighted by Crippen LogP contribution is 2.44. The van der Waals surface area contributed by atoms with Crippen molar-refractivity contribution < 1.29 is 19.0 Å². The van der Waals surface area contributed by atoms with Gasteiger partial charge in [-0.2, -0.15) is 5.26 Å². The van der Waals surface area contributed by atoms with Gasteiger partial charge in [-0.1, -0.05) is 12.0 Å². The summed E-state index contributed by atoms with van der Waals surface area (Å²) >= 11 is 0. The third-order valence-electron chi connectivity index (χ3n) is 4.44. The number of Topliss-reactive ketones (excluding diaryl/α,β-unsaturated/α-hetero) is 1. The molecule has 1 heterocycles. The topological polar surface area (TPSA) is 94.6 Å². The van der Waals surface area contributed by atoms with Gasteiger partial charge in [-0.25, -0.2) is 0 Å². The maximum Gasteiger partial charge on any atom is 0.205 e. The van der Waals surface area contributed by atoms with Gasteiger partial charge >= 0.3 is 0 Å². The molecular weight excluding hydrogens is 332 g/mol. The average Bonchev–Trinajstić information content (AvgIpc) is 2.65. The first kappa shape index (κ1) is 17.4. The van der Waals surface area contributed by atoms with Crippen molar-refractivity contribution in [3.63, 3.8) is 0 Å². The fraction of sp³-hybridized carbons (Fsp3) is 0.300. The van der Waals surface area contributed by atoms with Crippen LogP contribution in [0.15, 0.2) is 41.0 Å². The Morgan fingerprint density at radius 1 is 1.38 bits per heavy atom. The van der Waals surface area contributed by atoms with Gasteiger partial charge < -0.3 is 19.9 Å². The number of terminal acetylenes is 1. The number of allylic oxidation sites excluding steroid dienone is 3. The lowest BCUT2D eigenvalue weighted by Crippen LogP contribution is -2.27.